The normalized spacial score (nSPS) is 13.3. The van der Waals surface area contributed by atoms with Gasteiger partial charge in [-0.3, -0.25) is 9.59 Å². The van der Waals surface area contributed by atoms with Gasteiger partial charge in [0.15, 0.2) is 0 Å². The van der Waals surface area contributed by atoms with Crippen molar-refractivity contribution in [2.24, 2.45) is 0 Å². The molecule has 2 aromatic rings. The molecular weight excluding hydrogens is 406 g/mol. The van der Waals surface area contributed by atoms with Crippen LogP contribution >= 0.6 is 15.9 Å². The van der Waals surface area contributed by atoms with E-state index in [1.54, 1.807) is 0 Å². The number of rotatable bonds is 5. The fraction of sp³-hybridized carbons (Fsp3) is 0.333. The quantitative estimate of drug-likeness (QED) is 0.755. The van der Waals surface area contributed by atoms with Crippen molar-refractivity contribution in [3.63, 3.8) is 0 Å². The first kappa shape index (κ1) is 19.4. The molecule has 1 aliphatic heterocycles. The molecule has 0 radical (unpaired) electrons. The van der Waals surface area contributed by atoms with E-state index in [2.05, 4.69) is 31.5 Å². The van der Waals surface area contributed by atoms with Gasteiger partial charge in [-0.25, -0.2) is 0 Å². The zero-order valence-corrected chi connectivity index (χ0v) is 17.2. The van der Waals surface area contributed by atoms with Crippen LogP contribution < -0.4 is 15.5 Å². The Labute approximate surface area is 168 Å². The Morgan fingerprint density at radius 2 is 1.96 bits per heavy atom. The molecule has 0 saturated carbocycles. The van der Waals surface area contributed by atoms with Crippen molar-refractivity contribution in [1.82, 2.24) is 5.32 Å². The molecule has 1 heterocycles. The summed E-state index contributed by atoms with van der Waals surface area (Å²) in [5.74, 6) is -0.125. The third-order valence-electron chi connectivity index (χ3n) is 4.45. The molecule has 2 amide bonds. The number of nitrogens with one attached hydrogen (secondary N) is 2. The molecule has 0 aliphatic carbocycles. The lowest BCUT2D eigenvalue weighted by Gasteiger charge is -2.32. The van der Waals surface area contributed by atoms with Gasteiger partial charge in [-0.05, 0) is 62.6 Å². The fourth-order valence-corrected chi connectivity index (χ4v) is 3.76. The summed E-state index contributed by atoms with van der Waals surface area (Å²) >= 11 is 3.41. The van der Waals surface area contributed by atoms with E-state index in [9.17, 15) is 9.59 Å². The topological polar surface area (TPSA) is 61.4 Å². The van der Waals surface area contributed by atoms with E-state index in [-0.39, 0.29) is 24.4 Å². The Kier molecular flexibility index (Phi) is 6.16. The van der Waals surface area contributed by atoms with Gasteiger partial charge in [0.1, 0.15) is 0 Å². The lowest BCUT2D eigenvalue weighted by atomic mass is 9.95. The highest BCUT2D eigenvalue weighted by Gasteiger charge is 2.23. The third-order valence-corrected chi connectivity index (χ3v) is 4.95. The van der Waals surface area contributed by atoms with Crippen LogP contribution in [-0.4, -0.2) is 30.9 Å². The van der Waals surface area contributed by atoms with E-state index in [4.69, 9.17) is 0 Å². The monoisotopic (exact) mass is 429 g/mol. The van der Waals surface area contributed by atoms with Crippen molar-refractivity contribution >= 4 is 39.1 Å². The van der Waals surface area contributed by atoms with Crippen LogP contribution in [0.5, 0.6) is 0 Å². The first-order chi connectivity index (χ1) is 12.9. The highest BCUT2D eigenvalue weighted by molar-refractivity contribution is 9.10. The second-order valence-electron chi connectivity index (χ2n) is 7.02. The van der Waals surface area contributed by atoms with Gasteiger partial charge in [-0.15, -0.1) is 0 Å². The van der Waals surface area contributed by atoms with Gasteiger partial charge < -0.3 is 15.5 Å². The molecule has 2 N–H and O–H groups in total. The number of nitrogens with zero attached hydrogens (tertiary/aromatic N) is 1. The molecule has 0 fully saturated rings. The number of halogens is 1. The summed E-state index contributed by atoms with van der Waals surface area (Å²) in [7, 11) is 0. The molecule has 1 aliphatic rings. The van der Waals surface area contributed by atoms with Crippen LogP contribution in [0.3, 0.4) is 0 Å². The van der Waals surface area contributed by atoms with E-state index in [1.807, 2.05) is 56.3 Å². The van der Waals surface area contributed by atoms with Crippen molar-refractivity contribution in [1.29, 1.82) is 0 Å². The molecule has 0 atom stereocenters. The molecule has 0 unspecified atom stereocenters. The number of amides is 2. The lowest BCUT2D eigenvalue weighted by molar-refractivity contribution is -0.115. The van der Waals surface area contributed by atoms with E-state index in [1.165, 1.54) is 0 Å². The molecule has 0 saturated heterocycles. The zero-order valence-electron chi connectivity index (χ0n) is 15.6. The summed E-state index contributed by atoms with van der Waals surface area (Å²) in [5, 5.41) is 5.90. The van der Waals surface area contributed by atoms with E-state index < -0.39 is 0 Å². The van der Waals surface area contributed by atoms with Crippen molar-refractivity contribution < 1.29 is 9.59 Å². The molecule has 27 heavy (non-hydrogen) atoms. The van der Waals surface area contributed by atoms with Gasteiger partial charge in [0.05, 0.1) is 6.54 Å². The van der Waals surface area contributed by atoms with Gasteiger partial charge in [0.25, 0.3) is 5.91 Å². The summed E-state index contributed by atoms with van der Waals surface area (Å²) in [6.07, 6.45) is 1.77. The predicted octanol–water partition coefficient (Wildman–Crippen LogP) is 3.98. The molecule has 5 nitrogen and oxygen atoms in total. The largest absolute Gasteiger partial charge is 0.362 e. The predicted molar refractivity (Wildman–Crippen MR) is 112 cm³/mol. The molecule has 3 rings (SSSR count). The highest BCUT2D eigenvalue weighted by atomic mass is 79.9. The van der Waals surface area contributed by atoms with Crippen LogP contribution in [-0.2, 0) is 11.2 Å². The minimum Gasteiger partial charge on any atom is -0.362 e. The number of hydrogen-bond donors (Lipinski definition) is 2. The summed E-state index contributed by atoms with van der Waals surface area (Å²) in [4.78, 5) is 27.1. The van der Waals surface area contributed by atoms with Gasteiger partial charge in [0.2, 0.25) is 5.91 Å². The minimum atomic E-state index is -0.0713. The third kappa shape index (κ3) is 4.89. The van der Waals surface area contributed by atoms with Gasteiger partial charge in [0, 0.05) is 34.0 Å². The molecule has 0 bridgehead atoms. The van der Waals surface area contributed by atoms with E-state index in [0.717, 1.165) is 40.8 Å². The standard InChI is InChI=1S/C21H24BrN3O2/c1-14(2)23-21(27)18-8-4-10-19-17(18)9-5-11-25(19)13-20(26)24-16-7-3-6-15(22)12-16/h3-4,6-8,10,12,14H,5,9,11,13H2,1-2H3,(H,23,27)(H,24,26). The smallest absolute Gasteiger partial charge is 0.251 e. The van der Waals surface area contributed by atoms with Crippen LogP contribution in [0.25, 0.3) is 0 Å². The van der Waals surface area contributed by atoms with Crippen LogP contribution in [0.4, 0.5) is 11.4 Å². The Morgan fingerprint density at radius 3 is 2.70 bits per heavy atom. The van der Waals surface area contributed by atoms with E-state index in [0.29, 0.717) is 5.56 Å². The van der Waals surface area contributed by atoms with Crippen LogP contribution in [0.2, 0.25) is 0 Å². The first-order valence-electron chi connectivity index (χ1n) is 9.17. The Balaban J connectivity index is 1.76. The highest BCUT2D eigenvalue weighted by Crippen LogP contribution is 2.30. The minimum absolute atomic E-state index is 0.0534. The number of anilines is 2. The maximum atomic E-state index is 12.5. The average Bonchev–Trinajstić information content (AvgIpc) is 2.61. The number of carbonyl (C=O) groups excluding carboxylic acids is 2. The molecular formula is C21H24BrN3O2. The SMILES string of the molecule is CC(C)NC(=O)c1cccc2c1CCCN2CC(=O)Nc1cccc(Br)c1. The lowest BCUT2D eigenvalue weighted by Crippen LogP contribution is -2.38. The Morgan fingerprint density at radius 1 is 1.19 bits per heavy atom. The van der Waals surface area contributed by atoms with Crippen LogP contribution in [0, 0.1) is 0 Å². The van der Waals surface area contributed by atoms with Gasteiger partial charge in [-0.1, -0.05) is 28.1 Å². The number of carbonyl (C=O) groups is 2. The summed E-state index contributed by atoms with van der Waals surface area (Å²) in [6.45, 7) is 4.96. The molecule has 6 heteroatoms. The number of fused-ring (bicyclic) bond motifs is 1. The number of benzene rings is 2. The van der Waals surface area contributed by atoms with Gasteiger partial charge in [-0.2, -0.15) is 0 Å². The summed E-state index contributed by atoms with van der Waals surface area (Å²) in [5.41, 5.74) is 3.47. The zero-order chi connectivity index (χ0) is 19.4. The maximum Gasteiger partial charge on any atom is 0.251 e. The second-order valence-corrected chi connectivity index (χ2v) is 7.93. The Hall–Kier alpha value is -2.34. The molecule has 2 aromatic carbocycles. The van der Waals surface area contributed by atoms with Crippen LogP contribution in [0.1, 0.15) is 36.2 Å². The maximum absolute atomic E-state index is 12.5. The summed E-state index contributed by atoms with van der Waals surface area (Å²) in [6, 6.07) is 13.4. The fourth-order valence-electron chi connectivity index (χ4n) is 3.36. The molecule has 0 spiro atoms. The van der Waals surface area contributed by atoms with E-state index >= 15 is 0 Å². The Bertz CT molecular complexity index is 851. The molecule has 142 valence electrons. The van der Waals surface area contributed by atoms with Crippen molar-refractivity contribution in [3.05, 3.63) is 58.1 Å². The average molecular weight is 430 g/mol. The van der Waals surface area contributed by atoms with Crippen molar-refractivity contribution in [2.45, 2.75) is 32.7 Å². The summed E-state index contributed by atoms with van der Waals surface area (Å²) < 4.78 is 0.921. The molecule has 0 aromatic heterocycles. The first-order valence-corrected chi connectivity index (χ1v) is 9.96. The van der Waals surface area contributed by atoms with Gasteiger partial charge >= 0.3 is 0 Å². The van der Waals surface area contributed by atoms with Crippen molar-refractivity contribution in [2.75, 3.05) is 23.3 Å². The second kappa shape index (κ2) is 8.57. The van der Waals surface area contributed by atoms with Crippen molar-refractivity contribution in [3.8, 4) is 0 Å². The van der Waals surface area contributed by atoms with Crippen LogP contribution in [0.15, 0.2) is 46.9 Å². The number of hydrogen-bond acceptors (Lipinski definition) is 3.